The highest BCUT2D eigenvalue weighted by atomic mass is 35.5. The lowest BCUT2D eigenvalue weighted by Crippen LogP contribution is -2.42. The first kappa shape index (κ1) is 24.5. The Hall–Kier alpha value is -2.13. The van der Waals surface area contributed by atoms with Crippen molar-refractivity contribution in [1.29, 1.82) is 0 Å². The van der Waals surface area contributed by atoms with E-state index in [1.54, 1.807) is 13.0 Å². The molecule has 5 nitrogen and oxygen atoms in total. The predicted octanol–water partition coefficient (Wildman–Crippen LogP) is 5.20. The SMILES string of the molecule is Cc1cc(C2=NOC(c3cc(Cl)cc(Cl)c3)(C(F)(F)F)C2)ccc1C(=O)CCC(O)CO. The van der Waals surface area contributed by atoms with Crippen LogP contribution in [0.4, 0.5) is 13.2 Å². The topological polar surface area (TPSA) is 79.1 Å². The highest BCUT2D eigenvalue weighted by Crippen LogP contribution is 2.49. The fourth-order valence-electron chi connectivity index (χ4n) is 3.53. The quantitative estimate of drug-likeness (QED) is 0.523. The molecule has 32 heavy (non-hydrogen) atoms. The first-order chi connectivity index (χ1) is 15.0. The van der Waals surface area contributed by atoms with Gasteiger partial charge in [-0.3, -0.25) is 4.79 Å². The van der Waals surface area contributed by atoms with E-state index in [0.29, 0.717) is 16.7 Å². The van der Waals surface area contributed by atoms with E-state index in [2.05, 4.69) is 5.16 Å². The lowest BCUT2D eigenvalue weighted by Gasteiger charge is -2.29. The molecule has 0 amide bonds. The molecule has 2 atom stereocenters. The summed E-state index contributed by atoms with van der Waals surface area (Å²) in [7, 11) is 0. The van der Waals surface area contributed by atoms with Crippen molar-refractivity contribution in [3.8, 4) is 0 Å². The van der Waals surface area contributed by atoms with Crippen LogP contribution in [0.5, 0.6) is 0 Å². The molecule has 0 spiro atoms. The van der Waals surface area contributed by atoms with Crippen LogP contribution in [-0.4, -0.2) is 40.6 Å². The molecule has 1 aliphatic heterocycles. The minimum atomic E-state index is -4.80. The summed E-state index contributed by atoms with van der Waals surface area (Å²) >= 11 is 11.8. The van der Waals surface area contributed by atoms with Gasteiger partial charge in [0.25, 0.3) is 5.60 Å². The first-order valence-electron chi connectivity index (χ1n) is 9.68. The maximum Gasteiger partial charge on any atom is 0.435 e. The van der Waals surface area contributed by atoms with Gasteiger partial charge in [0, 0.05) is 34.0 Å². The van der Waals surface area contributed by atoms with E-state index in [4.69, 9.17) is 33.1 Å². The lowest BCUT2D eigenvalue weighted by molar-refractivity contribution is -0.275. The maximum atomic E-state index is 14.1. The van der Waals surface area contributed by atoms with Gasteiger partial charge in [-0.15, -0.1) is 0 Å². The van der Waals surface area contributed by atoms with E-state index in [-0.39, 0.29) is 39.9 Å². The van der Waals surface area contributed by atoms with Crippen LogP contribution in [0, 0.1) is 6.92 Å². The van der Waals surface area contributed by atoms with Gasteiger partial charge in [-0.05, 0) is 48.7 Å². The molecule has 0 aromatic heterocycles. The second-order valence-corrected chi connectivity index (χ2v) is 8.49. The third-order valence-corrected chi connectivity index (χ3v) is 5.73. The molecule has 1 heterocycles. The summed E-state index contributed by atoms with van der Waals surface area (Å²) in [5.41, 5.74) is -1.62. The fraction of sp³-hybridized carbons (Fsp3) is 0.364. The second kappa shape index (κ2) is 9.39. The van der Waals surface area contributed by atoms with Crippen molar-refractivity contribution in [3.05, 3.63) is 68.7 Å². The number of ketones is 1. The number of nitrogens with zero attached hydrogens (tertiary/aromatic N) is 1. The Labute approximate surface area is 192 Å². The Kier molecular flexibility index (Phi) is 7.19. The summed E-state index contributed by atoms with van der Waals surface area (Å²) in [5.74, 6) is -0.246. The number of aryl methyl sites for hydroxylation is 1. The van der Waals surface area contributed by atoms with E-state index >= 15 is 0 Å². The number of hydrogen-bond acceptors (Lipinski definition) is 5. The minimum Gasteiger partial charge on any atom is -0.394 e. The molecule has 172 valence electrons. The molecule has 0 saturated heterocycles. The third kappa shape index (κ3) is 4.93. The lowest BCUT2D eigenvalue weighted by atomic mass is 9.86. The molecule has 0 aliphatic carbocycles. The van der Waals surface area contributed by atoms with Crippen LogP contribution < -0.4 is 0 Å². The molecule has 0 fully saturated rings. The molecule has 2 N–H and O–H groups in total. The zero-order valence-electron chi connectivity index (χ0n) is 16.9. The summed E-state index contributed by atoms with van der Waals surface area (Å²) in [6.45, 7) is 1.22. The second-order valence-electron chi connectivity index (χ2n) is 7.62. The van der Waals surface area contributed by atoms with Crippen LogP contribution in [0.2, 0.25) is 10.0 Å². The average molecular weight is 490 g/mol. The molecule has 2 unspecified atom stereocenters. The van der Waals surface area contributed by atoms with Crippen molar-refractivity contribution in [2.45, 2.75) is 44.1 Å². The van der Waals surface area contributed by atoms with Crippen molar-refractivity contribution in [1.82, 2.24) is 0 Å². The molecular formula is C22H20Cl2F3NO4. The Bertz CT molecular complexity index is 1040. The number of halogens is 5. The van der Waals surface area contributed by atoms with Gasteiger partial charge in [-0.2, -0.15) is 13.2 Å². The van der Waals surface area contributed by atoms with Gasteiger partial charge in [0.1, 0.15) is 0 Å². The number of Topliss-reactive ketones (excluding diaryl/α,β-unsaturated/α-hetero) is 1. The number of oxime groups is 1. The number of carbonyl (C=O) groups excluding carboxylic acids is 1. The van der Waals surface area contributed by atoms with Gasteiger partial charge >= 0.3 is 6.18 Å². The van der Waals surface area contributed by atoms with Crippen molar-refractivity contribution >= 4 is 34.7 Å². The standard InChI is InChI=1S/C22H20Cl2F3NO4/c1-12-6-13(2-4-18(12)20(31)5-3-17(30)11-29)19-10-21(32-28-19,22(25,26)27)14-7-15(23)9-16(24)8-14/h2,4,6-9,17,29-30H,3,5,10-11H2,1H3. The predicted molar refractivity (Wildman–Crippen MR) is 114 cm³/mol. The monoisotopic (exact) mass is 489 g/mol. The van der Waals surface area contributed by atoms with E-state index in [0.717, 1.165) is 12.1 Å². The zero-order chi connectivity index (χ0) is 23.7. The largest absolute Gasteiger partial charge is 0.435 e. The minimum absolute atomic E-state index is 0.0265. The van der Waals surface area contributed by atoms with Crippen LogP contribution in [0.25, 0.3) is 0 Å². The molecule has 0 bridgehead atoms. The average Bonchev–Trinajstić information content (AvgIpc) is 3.18. The van der Waals surface area contributed by atoms with Crippen molar-refractivity contribution in [2.75, 3.05) is 6.61 Å². The number of carbonyl (C=O) groups is 1. The van der Waals surface area contributed by atoms with Gasteiger partial charge in [-0.25, -0.2) is 0 Å². The molecule has 0 saturated carbocycles. The fourth-order valence-corrected chi connectivity index (χ4v) is 4.05. The smallest absolute Gasteiger partial charge is 0.394 e. The van der Waals surface area contributed by atoms with Crippen LogP contribution in [0.3, 0.4) is 0 Å². The van der Waals surface area contributed by atoms with E-state index < -0.39 is 30.9 Å². The number of aliphatic hydroxyl groups is 2. The number of benzene rings is 2. The van der Waals surface area contributed by atoms with E-state index in [1.165, 1.54) is 18.2 Å². The number of alkyl halides is 3. The summed E-state index contributed by atoms with van der Waals surface area (Å²) in [4.78, 5) is 17.4. The Morgan fingerprint density at radius 2 is 1.88 bits per heavy atom. The Morgan fingerprint density at radius 1 is 1.22 bits per heavy atom. The number of hydrogen-bond donors (Lipinski definition) is 2. The van der Waals surface area contributed by atoms with Crippen molar-refractivity contribution in [2.24, 2.45) is 5.16 Å². The maximum absolute atomic E-state index is 14.1. The molecule has 10 heteroatoms. The Balaban J connectivity index is 1.87. The third-order valence-electron chi connectivity index (χ3n) is 5.29. The van der Waals surface area contributed by atoms with Crippen LogP contribution in [0.15, 0.2) is 41.6 Å². The molecule has 2 aromatic rings. The van der Waals surface area contributed by atoms with Crippen LogP contribution in [0.1, 0.15) is 46.3 Å². The molecule has 3 rings (SSSR count). The van der Waals surface area contributed by atoms with Gasteiger partial charge in [0.15, 0.2) is 5.78 Å². The van der Waals surface area contributed by atoms with Crippen molar-refractivity contribution < 1.29 is 33.0 Å². The van der Waals surface area contributed by atoms with Gasteiger partial charge in [0.05, 0.1) is 18.4 Å². The highest BCUT2D eigenvalue weighted by Gasteiger charge is 2.62. The Morgan fingerprint density at radius 3 is 2.44 bits per heavy atom. The van der Waals surface area contributed by atoms with Gasteiger partial charge in [-0.1, -0.05) is 40.5 Å². The van der Waals surface area contributed by atoms with Gasteiger partial charge in [0.2, 0.25) is 0 Å². The summed E-state index contributed by atoms with van der Waals surface area (Å²) < 4.78 is 42.3. The molecule has 0 radical (unpaired) electrons. The van der Waals surface area contributed by atoms with E-state index in [1.807, 2.05) is 0 Å². The van der Waals surface area contributed by atoms with E-state index in [9.17, 15) is 23.1 Å². The van der Waals surface area contributed by atoms with Gasteiger partial charge < -0.3 is 15.1 Å². The first-order valence-corrected chi connectivity index (χ1v) is 10.4. The molecular weight excluding hydrogens is 470 g/mol. The highest BCUT2D eigenvalue weighted by molar-refractivity contribution is 6.34. The van der Waals surface area contributed by atoms with Crippen molar-refractivity contribution in [3.63, 3.8) is 0 Å². The van der Waals surface area contributed by atoms with Crippen LogP contribution >= 0.6 is 23.2 Å². The number of aliphatic hydroxyl groups excluding tert-OH is 2. The number of rotatable bonds is 7. The summed E-state index contributed by atoms with van der Waals surface area (Å²) in [6.07, 6.45) is -6.25. The molecule has 2 aromatic carbocycles. The normalized spacial score (nSPS) is 19.4. The summed E-state index contributed by atoms with van der Waals surface area (Å²) in [5, 5.41) is 22.1. The zero-order valence-corrected chi connectivity index (χ0v) is 18.4. The summed E-state index contributed by atoms with van der Waals surface area (Å²) in [6, 6.07) is 8.19. The molecule has 1 aliphatic rings. The van der Waals surface area contributed by atoms with Crippen LogP contribution in [-0.2, 0) is 10.4 Å².